The Labute approximate surface area is 200 Å². The SMILES string of the molecule is Cc1ccc(-c2ccc(NC(=O)c3cc4sc(NCCN5CCOCC5)nc4s3)cc2)nc1. The van der Waals surface area contributed by atoms with E-state index < -0.39 is 0 Å². The van der Waals surface area contributed by atoms with E-state index in [9.17, 15) is 4.79 Å². The molecule has 0 atom stereocenters. The van der Waals surface area contributed by atoms with Crippen LogP contribution in [-0.2, 0) is 4.74 Å². The number of hydrogen-bond acceptors (Lipinski definition) is 8. The van der Waals surface area contributed by atoms with Gasteiger partial charge in [-0.05, 0) is 36.8 Å². The summed E-state index contributed by atoms with van der Waals surface area (Å²) in [5.41, 5.74) is 3.81. The molecule has 1 saturated heterocycles. The zero-order chi connectivity index (χ0) is 22.6. The van der Waals surface area contributed by atoms with Crippen LogP contribution in [0.15, 0.2) is 48.7 Å². The number of aryl methyl sites for hydroxylation is 1. The fourth-order valence-corrected chi connectivity index (χ4v) is 5.66. The number of fused-ring (bicyclic) bond motifs is 1. The highest BCUT2D eigenvalue weighted by atomic mass is 32.1. The Morgan fingerprint density at radius 3 is 2.67 bits per heavy atom. The van der Waals surface area contributed by atoms with Gasteiger partial charge in [0, 0.05) is 43.6 Å². The van der Waals surface area contributed by atoms with Crippen molar-refractivity contribution in [3.63, 3.8) is 0 Å². The largest absolute Gasteiger partial charge is 0.379 e. The Morgan fingerprint density at radius 1 is 1.12 bits per heavy atom. The molecule has 0 bridgehead atoms. The highest BCUT2D eigenvalue weighted by molar-refractivity contribution is 7.29. The van der Waals surface area contributed by atoms with Gasteiger partial charge in [0.05, 0.1) is 28.5 Å². The number of hydrogen-bond donors (Lipinski definition) is 2. The number of nitrogens with zero attached hydrogens (tertiary/aromatic N) is 3. The van der Waals surface area contributed by atoms with Gasteiger partial charge in [-0.25, -0.2) is 4.98 Å². The van der Waals surface area contributed by atoms with Crippen molar-refractivity contribution >= 4 is 48.9 Å². The van der Waals surface area contributed by atoms with Gasteiger partial charge in [0.15, 0.2) is 5.13 Å². The molecule has 0 aliphatic carbocycles. The molecular weight excluding hydrogens is 454 g/mol. The van der Waals surface area contributed by atoms with Crippen molar-refractivity contribution in [3.05, 3.63) is 59.1 Å². The molecule has 9 heteroatoms. The standard InChI is InChI=1S/C24H25N5O2S2/c1-16-2-7-19(26-15-16)17-3-5-18(6-4-17)27-22(30)20-14-21-23(32-20)28-24(33-21)25-8-9-29-10-12-31-13-11-29/h2-7,14-15H,8-13H2,1H3,(H,25,28)(H,27,30). The van der Waals surface area contributed by atoms with Gasteiger partial charge in [-0.15, -0.1) is 11.3 Å². The molecule has 1 aliphatic rings. The number of carbonyl (C=O) groups is 1. The number of rotatable bonds is 7. The molecule has 1 fully saturated rings. The lowest BCUT2D eigenvalue weighted by Gasteiger charge is -2.26. The van der Waals surface area contributed by atoms with E-state index in [4.69, 9.17) is 4.74 Å². The molecule has 0 radical (unpaired) electrons. The third-order valence-electron chi connectivity index (χ3n) is 5.47. The number of benzene rings is 1. The van der Waals surface area contributed by atoms with E-state index in [0.717, 1.165) is 76.6 Å². The average Bonchev–Trinajstić information content (AvgIpc) is 3.40. The van der Waals surface area contributed by atoms with Crippen LogP contribution in [0, 0.1) is 6.92 Å². The Hall–Kier alpha value is -2.85. The minimum atomic E-state index is -0.117. The maximum absolute atomic E-state index is 12.7. The second-order valence-corrected chi connectivity index (χ2v) is 9.99. The van der Waals surface area contributed by atoms with Gasteiger partial charge < -0.3 is 15.4 Å². The summed E-state index contributed by atoms with van der Waals surface area (Å²) in [6.07, 6.45) is 1.85. The molecule has 1 aliphatic heterocycles. The highest BCUT2D eigenvalue weighted by Crippen LogP contribution is 2.33. The van der Waals surface area contributed by atoms with Crippen LogP contribution in [0.2, 0.25) is 0 Å². The molecule has 3 aromatic heterocycles. The van der Waals surface area contributed by atoms with Gasteiger partial charge in [-0.2, -0.15) is 0 Å². The van der Waals surface area contributed by atoms with Crippen LogP contribution < -0.4 is 10.6 Å². The molecule has 5 rings (SSSR count). The van der Waals surface area contributed by atoms with E-state index in [1.54, 1.807) is 11.3 Å². The Morgan fingerprint density at radius 2 is 1.94 bits per heavy atom. The summed E-state index contributed by atoms with van der Waals surface area (Å²) >= 11 is 3.01. The molecule has 33 heavy (non-hydrogen) atoms. The van der Waals surface area contributed by atoms with E-state index in [1.807, 2.05) is 55.6 Å². The molecule has 170 valence electrons. The number of nitrogens with one attached hydrogen (secondary N) is 2. The molecule has 1 aromatic carbocycles. The van der Waals surface area contributed by atoms with Crippen LogP contribution >= 0.6 is 22.7 Å². The third-order valence-corrected chi connectivity index (χ3v) is 7.59. The Bertz CT molecular complexity index is 1200. The van der Waals surface area contributed by atoms with Gasteiger partial charge in [0.2, 0.25) is 0 Å². The second-order valence-electron chi connectivity index (χ2n) is 7.93. The van der Waals surface area contributed by atoms with Crippen LogP contribution in [0.25, 0.3) is 20.8 Å². The summed E-state index contributed by atoms with van der Waals surface area (Å²) in [5, 5.41) is 7.28. The molecule has 2 N–H and O–H groups in total. The molecule has 0 unspecified atom stereocenters. The topological polar surface area (TPSA) is 79.4 Å². The molecule has 4 heterocycles. The van der Waals surface area contributed by atoms with E-state index in [0.29, 0.717) is 4.88 Å². The lowest BCUT2D eigenvalue weighted by molar-refractivity contribution is 0.0398. The number of carbonyl (C=O) groups excluding carboxylic acids is 1. The van der Waals surface area contributed by atoms with Crippen molar-refractivity contribution in [2.75, 3.05) is 50.0 Å². The zero-order valence-electron chi connectivity index (χ0n) is 18.3. The van der Waals surface area contributed by atoms with Gasteiger partial charge in [0.25, 0.3) is 5.91 Å². The quantitative estimate of drug-likeness (QED) is 0.399. The minimum absolute atomic E-state index is 0.117. The van der Waals surface area contributed by atoms with Crippen molar-refractivity contribution in [1.82, 2.24) is 14.9 Å². The minimum Gasteiger partial charge on any atom is -0.379 e. The third kappa shape index (κ3) is 5.39. The average molecular weight is 480 g/mol. The predicted octanol–water partition coefficient (Wildman–Crippen LogP) is 4.72. The lowest BCUT2D eigenvalue weighted by atomic mass is 10.1. The van der Waals surface area contributed by atoms with Gasteiger partial charge in [0.1, 0.15) is 4.83 Å². The normalized spacial score (nSPS) is 14.5. The van der Waals surface area contributed by atoms with Crippen molar-refractivity contribution < 1.29 is 9.53 Å². The van der Waals surface area contributed by atoms with E-state index in [2.05, 4.69) is 25.5 Å². The molecule has 0 spiro atoms. The van der Waals surface area contributed by atoms with Crippen molar-refractivity contribution in [1.29, 1.82) is 0 Å². The first-order valence-corrected chi connectivity index (χ1v) is 12.6. The number of thiophene rings is 1. The zero-order valence-corrected chi connectivity index (χ0v) is 20.0. The number of thiazole rings is 1. The molecular formula is C24H25N5O2S2. The summed E-state index contributed by atoms with van der Waals surface area (Å²) in [6.45, 7) is 7.43. The van der Waals surface area contributed by atoms with E-state index in [-0.39, 0.29) is 5.91 Å². The van der Waals surface area contributed by atoms with E-state index >= 15 is 0 Å². The van der Waals surface area contributed by atoms with Crippen LogP contribution in [-0.4, -0.2) is 60.2 Å². The van der Waals surface area contributed by atoms with Crippen LogP contribution in [0.3, 0.4) is 0 Å². The van der Waals surface area contributed by atoms with Gasteiger partial charge in [-0.3, -0.25) is 14.7 Å². The number of pyridine rings is 1. The predicted molar refractivity (Wildman–Crippen MR) is 136 cm³/mol. The van der Waals surface area contributed by atoms with Crippen molar-refractivity contribution in [2.24, 2.45) is 0 Å². The van der Waals surface area contributed by atoms with Gasteiger partial charge >= 0.3 is 0 Å². The molecule has 4 aromatic rings. The first kappa shape index (κ1) is 22.0. The lowest BCUT2D eigenvalue weighted by Crippen LogP contribution is -2.38. The molecule has 1 amide bonds. The highest BCUT2D eigenvalue weighted by Gasteiger charge is 2.15. The van der Waals surface area contributed by atoms with Gasteiger partial charge in [-0.1, -0.05) is 29.5 Å². The van der Waals surface area contributed by atoms with Crippen molar-refractivity contribution in [2.45, 2.75) is 6.92 Å². The van der Waals surface area contributed by atoms with Crippen LogP contribution in [0.4, 0.5) is 10.8 Å². The Kier molecular flexibility index (Phi) is 6.63. The summed E-state index contributed by atoms with van der Waals surface area (Å²) in [7, 11) is 0. The Balaban J connectivity index is 1.17. The molecule has 0 saturated carbocycles. The maximum Gasteiger partial charge on any atom is 0.265 e. The smallest absolute Gasteiger partial charge is 0.265 e. The number of amides is 1. The second kappa shape index (κ2) is 9.96. The summed E-state index contributed by atoms with van der Waals surface area (Å²) in [5.74, 6) is -0.117. The first-order chi connectivity index (χ1) is 16.1. The first-order valence-electron chi connectivity index (χ1n) is 10.9. The van der Waals surface area contributed by atoms with Crippen LogP contribution in [0.5, 0.6) is 0 Å². The number of morpholine rings is 1. The summed E-state index contributed by atoms with van der Waals surface area (Å²) in [4.78, 5) is 25.8. The summed E-state index contributed by atoms with van der Waals surface area (Å²) in [6, 6.07) is 13.7. The fourth-order valence-electron chi connectivity index (χ4n) is 3.62. The van der Waals surface area contributed by atoms with Crippen LogP contribution in [0.1, 0.15) is 15.2 Å². The number of aromatic nitrogens is 2. The number of ether oxygens (including phenoxy) is 1. The van der Waals surface area contributed by atoms with Crippen molar-refractivity contribution in [3.8, 4) is 11.3 Å². The van der Waals surface area contributed by atoms with E-state index in [1.165, 1.54) is 11.3 Å². The molecule has 7 nitrogen and oxygen atoms in total. The summed E-state index contributed by atoms with van der Waals surface area (Å²) < 4.78 is 6.41. The number of anilines is 2. The fraction of sp³-hybridized carbons (Fsp3) is 0.292. The maximum atomic E-state index is 12.7. The monoisotopic (exact) mass is 479 g/mol.